The van der Waals surface area contributed by atoms with E-state index in [9.17, 15) is 14.7 Å². The van der Waals surface area contributed by atoms with Crippen LogP contribution in [0.3, 0.4) is 0 Å². The molecule has 0 saturated carbocycles. The molecular weight excluding hydrogens is 360 g/mol. The van der Waals surface area contributed by atoms with Gasteiger partial charge in [0.05, 0.1) is 18.4 Å². The van der Waals surface area contributed by atoms with Gasteiger partial charge in [-0.3, -0.25) is 9.52 Å². The van der Waals surface area contributed by atoms with Crippen molar-refractivity contribution in [1.82, 2.24) is 19.7 Å². The van der Waals surface area contributed by atoms with E-state index in [-0.39, 0.29) is 19.2 Å². The molecule has 0 radical (unpaired) electrons. The van der Waals surface area contributed by atoms with E-state index in [2.05, 4.69) is 12.0 Å². The lowest BCUT2D eigenvalue weighted by Crippen LogP contribution is -2.39. The second-order valence-corrected chi connectivity index (χ2v) is 7.19. The molecule has 1 aromatic carbocycles. The lowest BCUT2D eigenvalue weighted by atomic mass is 9.98. The molecule has 2 aliphatic rings. The molecule has 4 rings (SSSR count). The van der Waals surface area contributed by atoms with E-state index < -0.39 is 18.0 Å². The fourth-order valence-corrected chi connectivity index (χ4v) is 3.96. The quantitative estimate of drug-likeness (QED) is 0.707. The van der Waals surface area contributed by atoms with Crippen LogP contribution in [0.1, 0.15) is 55.1 Å². The number of rotatable bonds is 8. The highest BCUT2D eigenvalue weighted by atomic mass is 16.7. The number of carboxylic acids is 1. The number of hydrogen-bond acceptors (Lipinski definition) is 4. The van der Waals surface area contributed by atoms with E-state index in [1.165, 1.54) is 9.96 Å². The van der Waals surface area contributed by atoms with Crippen LogP contribution in [0.5, 0.6) is 0 Å². The standard InChI is InChI=1S/C20H24N4O4/c1-2-3-7-10-23-17-15(11-21-23)16-12-22(18(17)19(25)26)20(27)24(16)28-13-14-8-5-4-6-9-14/h4-6,8-9,11,16,18H,2-3,7,10,12-13H2,1H3,(H,25,26)/t16-,18-/m0/s1. The molecule has 2 amide bonds. The van der Waals surface area contributed by atoms with Crippen molar-refractivity contribution in [2.75, 3.05) is 6.54 Å². The molecule has 3 heterocycles. The predicted octanol–water partition coefficient (Wildman–Crippen LogP) is 3.12. The van der Waals surface area contributed by atoms with Gasteiger partial charge in [0.25, 0.3) is 0 Å². The number of hydroxylamine groups is 2. The zero-order valence-corrected chi connectivity index (χ0v) is 15.8. The first-order valence-electron chi connectivity index (χ1n) is 9.67. The van der Waals surface area contributed by atoms with Crippen LogP contribution in [-0.4, -0.2) is 43.4 Å². The Morgan fingerprint density at radius 1 is 1.29 bits per heavy atom. The fraction of sp³-hybridized carbons (Fsp3) is 0.450. The van der Waals surface area contributed by atoms with Crippen LogP contribution >= 0.6 is 0 Å². The maximum absolute atomic E-state index is 12.9. The largest absolute Gasteiger partial charge is 0.479 e. The summed E-state index contributed by atoms with van der Waals surface area (Å²) in [5, 5.41) is 15.6. The Labute approximate surface area is 163 Å². The number of nitrogens with zero attached hydrogens (tertiary/aromatic N) is 4. The average Bonchev–Trinajstić information content (AvgIpc) is 3.23. The Bertz CT molecular complexity index is 866. The smallest absolute Gasteiger partial charge is 0.345 e. The number of urea groups is 1. The third-order valence-corrected chi connectivity index (χ3v) is 5.35. The highest BCUT2D eigenvalue weighted by Crippen LogP contribution is 2.44. The summed E-state index contributed by atoms with van der Waals surface area (Å²) in [6.45, 7) is 3.30. The van der Waals surface area contributed by atoms with Gasteiger partial charge in [-0.15, -0.1) is 0 Å². The van der Waals surface area contributed by atoms with Gasteiger partial charge in [-0.2, -0.15) is 10.2 Å². The van der Waals surface area contributed by atoms with Crippen molar-refractivity contribution >= 4 is 12.0 Å². The van der Waals surface area contributed by atoms with Crippen LogP contribution in [0, 0.1) is 0 Å². The maximum Gasteiger partial charge on any atom is 0.345 e. The minimum Gasteiger partial charge on any atom is -0.479 e. The summed E-state index contributed by atoms with van der Waals surface area (Å²) in [7, 11) is 0. The Morgan fingerprint density at radius 2 is 2.07 bits per heavy atom. The Balaban J connectivity index is 1.61. The molecular formula is C20H24N4O4. The summed E-state index contributed by atoms with van der Waals surface area (Å²) in [5.74, 6) is -1.05. The van der Waals surface area contributed by atoms with Crippen LogP contribution in [-0.2, 0) is 22.8 Å². The first-order chi connectivity index (χ1) is 13.6. The minimum atomic E-state index is -1.05. The Morgan fingerprint density at radius 3 is 2.79 bits per heavy atom. The van der Waals surface area contributed by atoms with Gasteiger partial charge in [-0.1, -0.05) is 50.1 Å². The number of benzene rings is 1. The first kappa shape index (κ1) is 18.5. The van der Waals surface area contributed by atoms with Crippen molar-refractivity contribution in [2.45, 2.75) is 51.4 Å². The molecule has 1 aromatic heterocycles. The second kappa shape index (κ2) is 7.63. The topological polar surface area (TPSA) is 87.9 Å². The monoisotopic (exact) mass is 384 g/mol. The van der Waals surface area contributed by atoms with Crippen molar-refractivity contribution in [1.29, 1.82) is 0 Å². The molecule has 1 N–H and O–H groups in total. The van der Waals surface area contributed by atoms with Gasteiger partial charge in [-0.05, 0) is 12.0 Å². The van der Waals surface area contributed by atoms with Gasteiger partial charge in [0.1, 0.15) is 12.6 Å². The third-order valence-electron chi connectivity index (χ3n) is 5.35. The first-order valence-corrected chi connectivity index (χ1v) is 9.67. The number of carboxylic acid groups (broad SMARTS) is 1. The zero-order valence-electron chi connectivity index (χ0n) is 15.8. The molecule has 2 atom stereocenters. The summed E-state index contributed by atoms with van der Waals surface area (Å²) in [4.78, 5) is 32.1. The van der Waals surface area contributed by atoms with Crippen molar-refractivity contribution in [3.05, 3.63) is 53.3 Å². The van der Waals surface area contributed by atoms with Crippen LogP contribution < -0.4 is 0 Å². The van der Waals surface area contributed by atoms with E-state index >= 15 is 0 Å². The molecule has 28 heavy (non-hydrogen) atoms. The summed E-state index contributed by atoms with van der Waals surface area (Å²) >= 11 is 0. The van der Waals surface area contributed by atoms with Crippen LogP contribution in [0.4, 0.5) is 4.79 Å². The second-order valence-electron chi connectivity index (χ2n) is 7.19. The summed E-state index contributed by atoms with van der Waals surface area (Å²) < 4.78 is 1.75. The van der Waals surface area contributed by atoms with E-state index in [1.807, 2.05) is 30.3 Å². The number of unbranched alkanes of at least 4 members (excludes halogenated alkanes) is 2. The number of aryl methyl sites for hydroxylation is 1. The average molecular weight is 384 g/mol. The highest BCUT2D eigenvalue weighted by molar-refractivity contribution is 5.86. The number of hydrogen-bond donors (Lipinski definition) is 1. The number of carbonyl (C=O) groups is 2. The van der Waals surface area contributed by atoms with Gasteiger partial charge in [-0.25, -0.2) is 9.59 Å². The molecule has 2 aromatic rings. The van der Waals surface area contributed by atoms with Crippen LogP contribution in [0.2, 0.25) is 0 Å². The molecule has 8 nitrogen and oxygen atoms in total. The molecule has 148 valence electrons. The molecule has 8 heteroatoms. The highest BCUT2D eigenvalue weighted by Gasteiger charge is 2.53. The molecule has 1 saturated heterocycles. The number of fused-ring (bicyclic) bond motifs is 4. The SMILES string of the molecule is CCCCCn1ncc2c1[C@@H](C(=O)O)N1C[C@@H]2N(OCc2ccccc2)C1=O. The molecule has 0 aliphatic carbocycles. The maximum atomic E-state index is 12.9. The predicted molar refractivity (Wildman–Crippen MR) is 100 cm³/mol. The number of aliphatic carboxylic acids is 1. The zero-order chi connectivity index (χ0) is 19.7. The lowest BCUT2D eigenvalue weighted by molar-refractivity contribution is -0.143. The van der Waals surface area contributed by atoms with Gasteiger partial charge in [0, 0.05) is 12.1 Å². The van der Waals surface area contributed by atoms with E-state index in [1.54, 1.807) is 10.9 Å². The summed E-state index contributed by atoms with van der Waals surface area (Å²) in [6.07, 6.45) is 4.73. The molecule has 1 fully saturated rings. The number of carbonyl (C=O) groups excluding carboxylic acids is 1. The van der Waals surface area contributed by atoms with Crippen LogP contribution in [0.15, 0.2) is 36.5 Å². The van der Waals surface area contributed by atoms with E-state index in [0.29, 0.717) is 12.2 Å². The van der Waals surface area contributed by atoms with Crippen molar-refractivity contribution in [3.8, 4) is 0 Å². The Kier molecular flexibility index (Phi) is 5.04. The van der Waals surface area contributed by atoms with E-state index in [4.69, 9.17) is 4.84 Å². The number of amides is 2. The van der Waals surface area contributed by atoms with Gasteiger partial charge >= 0.3 is 12.0 Å². The molecule has 2 aliphatic heterocycles. The Hall–Kier alpha value is -2.87. The fourth-order valence-electron chi connectivity index (χ4n) is 3.96. The molecule has 2 bridgehead atoms. The lowest BCUT2D eigenvalue weighted by Gasteiger charge is -2.28. The van der Waals surface area contributed by atoms with Crippen molar-refractivity contribution < 1.29 is 19.5 Å². The third kappa shape index (κ3) is 3.13. The van der Waals surface area contributed by atoms with Crippen molar-refractivity contribution in [3.63, 3.8) is 0 Å². The van der Waals surface area contributed by atoms with Crippen molar-refractivity contribution in [2.24, 2.45) is 0 Å². The van der Waals surface area contributed by atoms with Gasteiger partial charge in [0.2, 0.25) is 0 Å². The van der Waals surface area contributed by atoms with Gasteiger partial charge < -0.3 is 10.0 Å². The summed E-state index contributed by atoms with van der Waals surface area (Å²) in [5.41, 5.74) is 2.30. The molecule has 0 spiro atoms. The van der Waals surface area contributed by atoms with Crippen LogP contribution in [0.25, 0.3) is 0 Å². The molecule has 0 unspecified atom stereocenters. The van der Waals surface area contributed by atoms with E-state index in [0.717, 1.165) is 30.4 Å². The number of aromatic nitrogens is 2. The summed E-state index contributed by atoms with van der Waals surface area (Å²) in [6, 6.07) is 7.78. The normalized spacial score (nSPS) is 20.5. The minimum absolute atomic E-state index is 0.245. The van der Waals surface area contributed by atoms with Gasteiger partial charge in [0.15, 0.2) is 6.04 Å².